The monoisotopic (exact) mass is 724 g/mol. The van der Waals surface area contributed by atoms with Crippen molar-refractivity contribution in [2.75, 3.05) is 31.6 Å². The Labute approximate surface area is 305 Å². The fourth-order valence-electron chi connectivity index (χ4n) is 5.27. The SMILES string of the molecule is CCOC(=O)N(CCCCN(C)c1c(F)c(Oc2cccc(-c3nccn3C)c2)nc(Oc2cc(C#N)ccc2OCc2ccccc2)c1F)C(=N)N. The van der Waals surface area contributed by atoms with Gasteiger partial charge in [0.1, 0.15) is 23.9 Å². The zero-order valence-electron chi connectivity index (χ0n) is 29.4. The molecule has 0 aliphatic heterocycles. The van der Waals surface area contributed by atoms with Crippen LogP contribution in [0.15, 0.2) is 85.2 Å². The average molecular weight is 725 g/mol. The summed E-state index contributed by atoms with van der Waals surface area (Å²) in [5.74, 6) is -2.92. The molecule has 274 valence electrons. The Morgan fingerprint density at radius 2 is 1.72 bits per heavy atom. The van der Waals surface area contributed by atoms with Crippen molar-refractivity contribution in [3.63, 3.8) is 0 Å². The van der Waals surface area contributed by atoms with Crippen molar-refractivity contribution >= 4 is 17.7 Å². The molecule has 0 radical (unpaired) electrons. The van der Waals surface area contributed by atoms with Crippen LogP contribution >= 0.6 is 0 Å². The normalized spacial score (nSPS) is 10.6. The number of aryl methyl sites for hydroxylation is 1. The predicted molar refractivity (Wildman–Crippen MR) is 193 cm³/mol. The topological polar surface area (TPSA) is 165 Å². The number of carbonyl (C=O) groups excluding carboxylic acids is 1. The molecular weight excluding hydrogens is 686 g/mol. The second-order valence-electron chi connectivity index (χ2n) is 11.7. The number of benzene rings is 3. The van der Waals surface area contributed by atoms with E-state index in [1.54, 1.807) is 37.5 Å². The van der Waals surface area contributed by atoms with Gasteiger partial charge < -0.3 is 34.1 Å². The van der Waals surface area contributed by atoms with Gasteiger partial charge in [-0.25, -0.2) is 14.7 Å². The van der Waals surface area contributed by atoms with E-state index >= 15 is 8.78 Å². The molecule has 0 spiro atoms. The zero-order chi connectivity index (χ0) is 37.9. The Kier molecular flexibility index (Phi) is 12.4. The smallest absolute Gasteiger partial charge is 0.416 e. The van der Waals surface area contributed by atoms with Crippen LogP contribution in [0.1, 0.15) is 30.9 Å². The molecule has 0 aliphatic rings. The largest absolute Gasteiger partial charge is 0.485 e. The van der Waals surface area contributed by atoms with E-state index in [9.17, 15) is 10.1 Å². The van der Waals surface area contributed by atoms with E-state index in [-0.39, 0.29) is 49.1 Å². The fourth-order valence-corrected chi connectivity index (χ4v) is 5.27. The third-order valence-electron chi connectivity index (χ3n) is 7.92. The lowest BCUT2D eigenvalue weighted by Crippen LogP contribution is -2.42. The van der Waals surface area contributed by atoms with Gasteiger partial charge in [-0.15, -0.1) is 0 Å². The lowest BCUT2D eigenvalue weighted by molar-refractivity contribution is 0.127. The van der Waals surface area contributed by atoms with Gasteiger partial charge in [-0.2, -0.15) is 19.0 Å². The first kappa shape index (κ1) is 37.6. The molecule has 0 fully saturated rings. The molecule has 0 bridgehead atoms. The van der Waals surface area contributed by atoms with Crippen LogP contribution in [0, 0.1) is 28.4 Å². The first-order chi connectivity index (χ1) is 25.6. The van der Waals surface area contributed by atoms with Gasteiger partial charge in [-0.3, -0.25) is 5.41 Å². The maximum absolute atomic E-state index is 16.4. The Bertz CT molecular complexity index is 2100. The fraction of sp³-hybridized carbons (Fsp3) is 0.237. The molecule has 0 unspecified atom stereocenters. The van der Waals surface area contributed by atoms with E-state index < -0.39 is 41.1 Å². The molecule has 3 N–H and O–H groups in total. The maximum atomic E-state index is 16.4. The van der Waals surface area contributed by atoms with Crippen LogP contribution in [0.3, 0.4) is 0 Å². The van der Waals surface area contributed by atoms with Crippen LogP contribution in [0.5, 0.6) is 29.0 Å². The summed E-state index contributed by atoms with van der Waals surface area (Å²) in [6.45, 7) is 2.05. The van der Waals surface area contributed by atoms with Crippen molar-refractivity contribution in [3.05, 3.63) is 108 Å². The quantitative estimate of drug-likeness (QED) is 0.0633. The Morgan fingerprint density at radius 1 is 0.981 bits per heavy atom. The summed E-state index contributed by atoms with van der Waals surface area (Å²) in [7, 11) is 3.31. The van der Waals surface area contributed by atoms with Gasteiger partial charge in [0.15, 0.2) is 17.5 Å². The van der Waals surface area contributed by atoms with Crippen molar-refractivity contribution in [1.82, 2.24) is 19.4 Å². The number of nitrogens with one attached hydrogen (secondary N) is 1. The van der Waals surface area contributed by atoms with Crippen LogP contribution in [-0.4, -0.2) is 58.2 Å². The van der Waals surface area contributed by atoms with Crippen molar-refractivity contribution in [2.45, 2.75) is 26.4 Å². The number of ether oxygens (including phenoxy) is 4. The van der Waals surface area contributed by atoms with E-state index in [1.165, 1.54) is 30.1 Å². The van der Waals surface area contributed by atoms with Gasteiger partial charge in [0.05, 0.1) is 18.2 Å². The van der Waals surface area contributed by atoms with Crippen LogP contribution in [-0.2, 0) is 18.4 Å². The van der Waals surface area contributed by atoms with Gasteiger partial charge in [0.2, 0.25) is 11.6 Å². The van der Waals surface area contributed by atoms with E-state index in [4.69, 9.17) is 30.1 Å². The summed E-state index contributed by atoms with van der Waals surface area (Å²) in [4.78, 5) is 23.0. The summed E-state index contributed by atoms with van der Waals surface area (Å²) in [6, 6.07) is 22.5. The third-order valence-corrected chi connectivity index (χ3v) is 7.92. The Balaban J connectivity index is 1.47. The van der Waals surface area contributed by atoms with Crippen LogP contribution in [0.25, 0.3) is 11.4 Å². The molecule has 2 heterocycles. The predicted octanol–water partition coefficient (Wildman–Crippen LogP) is 7.36. The number of pyridine rings is 1. The number of aromatic nitrogens is 3. The number of hydrogen-bond acceptors (Lipinski definition) is 10. The van der Waals surface area contributed by atoms with Gasteiger partial charge in [-0.1, -0.05) is 42.5 Å². The highest BCUT2D eigenvalue weighted by atomic mass is 19.1. The third kappa shape index (κ3) is 9.36. The lowest BCUT2D eigenvalue weighted by atomic mass is 10.2. The Morgan fingerprint density at radius 3 is 2.40 bits per heavy atom. The van der Waals surface area contributed by atoms with Crippen LogP contribution in [0.2, 0.25) is 0 Å². The number of guanidine groups is 1. The number of halogens is 2. The summed E-state index contributed by atoms with van der Waals surface area (Å²) < 4.78 is 57.4. The molecular formula is C38H38F2N8O5. The second kappa shape index (κ2) is 17.5. The molecule has 53 heavy (non-hydrogen) atoms. The molecule has 0 saturated heterocycles. The standard InChI is InChI=1S/C38H38F2N8O5/c1-4-50-38(49)48(37(42)43)19-9-8-18-46(2)33-31(39)35(52-28-14-10-13-27(22-28)34-44-17-20-47(34)3)45-36(32(33)40)53-30-21-26(23-41)15-16-29(30)51-24-25-11-6-5-7-12-25/h5-7,10-17,20-22H,4,8-9,18-19,24H2,1-3H3,(H3,42,43). The van der Waals surface area contributed by atoms with Crippen LogP contribution in [0.4, 0.5) is 19.3 Å². The molecule has 13 nitrogen and oxygen atoms in total. The summed E-state index contributed by atoms with van der Waals surface area (Å²) in [6.07, 6.45) is 3.32. The van der Waals surface area contributed by atoms with Gasteiger partial charge >= 0.3 is 6.09 Å². The van der Waals surface area contributed by atoms with E-state index in [0.29, 0.717) is 24.2 Å². The maximum Gasteiger partial charge on any atom is 0.416 e. The highest BCUT2D eigenvalue weighted by Gasteiger charge is 2.27. The summed E-state index contributed by atoms with van der Waals surface area (Å²) in [5.41, 5.74) is 6.80. The number of unbranched alkanes of at least 4 members (excludes halogenated alkanes) is 1. The number of nitriles is 1. The number of hydrogen-bond donors (Lipinski definition) is 2. The van der Waals surface area contributed by atoms with Crippen molar-refractivity contribution in [2.24, 2.45) is 12.8 Å². The second-order valence-corrected chi connectivity index (χ2v) is 11.7. The van der Waals surface area contributed by atoms with Crippen molar-refractivity contribution in [1.29, 1.82) is 10.7 Å². The molecule has 0 saturated carbocycles. The first-order valence-electron chi connectivity index (χ1n) is 16.6. The minimum Gasteiger partial charge on any atom is -0.485 e. The minimum atomic E-state index is -1.13. The molecule has 1 amide bonds. The minimum absolute atomic E-state index is 0.0300. The molecule has 2 aromatic heterocycles. The van der Waals surface area contributed by atoms with Crippen LogP contribution < -0.4 is 24.8 Å². The highest BCUT2D eigenvalue weighted by molar-refractivity contribution is 5.91. The van der Waals surface area contributed by atoms with Gasteiger partial charge in [0.25, 0.3) is 11.8 Å². The van der Waals surface area contributed by atoms with E-state index in [0.717, 1.165) is 10.5 Å². The molecule has 5 rings (SSSR count). The molecule has 5 aromatic rings. The number of carbonyl (C=O) groups is 1. The molecule has 0 aliphatic carbocycles. The molecule has 0 atom stereocenters. The zero-order valence-corrected chi connectivity index (χ0v) is 29.4. The summed E-state index contributed by atoms with van der Waals surface area (Å²) in [5, 5.41) is 17.3. The number of amides is 1. The number of nitrogens with two attached hydrogens (primary N) is 1. The van der Waals surface area contributed by atoms with Crippen molar-refractivity contribution in [3.8, 4) is 46.5 Å². The lowest BCUT2D eigenvalue weighted by Gasteiger charge is -2.24. The van der Waals surface area contributed by atoms with E-state index in [2.05, 4.69) is 9.97 Å². The number of nitrogens with zero attached hydrogens (tertiary/aromatic N) is 6. The van der Waals surface area contributed by atoms with Gasteiger partial charge in [0, 0.05) is 51.2 Å². The van der Waals surface area contributed by atoms with E-state index in [1.807, 2.05) is 54.1 Å². The average Bonchev–Trinajstić information content (AvgIpc) is 3.59. The number of imidazole rings is 1. The first-order valence-corrected chi connectivity index (χ1v) is 16.6. The molecule has 15 heteroatoms. The number of rotatable bonds is 15. The summed E-state index contributed by atoms with van der Waals surface area (Å²) >= 11 is 0. The Hall–Kier alpha value is -6.69. The van der Waals surface area contributed by atoms with Gasteiger partial charge in [-0.05, 0) is 49.6 Å². The molecule has 3 aromatic carbocycles. The number of anilines is 1. The van der Waals surface area contributed by atoms with Crippen molar-refractivity contribution < 1.29 is 32.5 Å². The highest BCUT2D eigenvalue weighted by Crippen LogP contribution is 2.40.